The zero-order valence-electron chi connectivity index (χ0n) is 11.7. The Balaban J connectivity index is 2.24. The van der Waals surface area contributed by atoms with Gasteiger partial charge in [-0.05, 0) is 28.1 Å². The molecule has 2 N–H and O–H groups in total. The van der Waals surface area contributed by atoms with Crippen LogP contribution < -0.4 is 5.32 Å². The van der Waals surface area contributed by atoms with Gasteiger partial charge in [-0.1, -0.05) is 11.6 Å². The minimum Gasteiger partial charge on any atom is -0.386 e. The van der Waals surface area contributed by atoms with Gasteiger partial charge in [-0.2, -0.15) is 0 Å². The van der Waals surface area contributed by atoms with E-state index in [2.05, 4.69) is 31.2 Å². The normalized spacial score (nSPS) is 11.0. The largest absolute Gasteiger partial charge is 0.386 e. The van der Waals surface area contributed by atoms with E-state index >= 15 is 0 Å². The third-order valence-electron chi connectivity index (χ3n) is 3.39. The van der Waals surface area contributed by atoms with Crippen LogP contribution >= 0.6 is 27.5 Å². The minimum atomic E-state index is -0.962. The maximum Gasteiger partial charge on any atom is 0.201 e. The smallest absolute Gasteiger partial charge is 0.201 e. The highest BCUT2D eigenvalue weighted by Crippen LogP contribution is 2.31. The summed E-state index contributed by atoms with van der Waals surface area (Å²) in [6.07, 6.45) is 2.77. The zero-order chi connectivity index (χ0) is 16.7. The molecule has 0 fully saturated rings. The Hall–Kier alpha value is -1.99. The van der Waals surface area contributed by atoms with Crippen LogP contribution in [0.3, 0.4) is 0 Å². The number of nitrogens with zero attached hydrogens (tertiary/aromatic N) is 1. The number of fused-ring (bicyclic) bond motifs is 1. The summed E-state index contributed by atoms with van der Waals surface area (Å²) in [5.74, 6) is -2.72. The van der Waals surface area contributed by atoms with Gasteiger partial charge in [0.2, 0.25) is 5.78 Å². The number of aromatic amines is 1. The summed E-state index contributed by atoms with van der Waals surface area (Å²) < 4.78 is 28.7. The topological polar surface area (TPSA) is 57.8 Å². The molecule has 2 aromatic heterocycles. The van der Waals surface area contributed by atoms with Gasteiger partial charge in [0.1, 0.15) is 5.65 Å². The zero-order valence-corrected chi connectivity index (χ0v) is 14.0. The molecule has 3 aromatic rings. The number of pyridine rings is 1. The van der Waals surface area contributed by atoms with Crippen molar-refractivity contribution in [3.63, 3.8) is 0 Å². The number of carbonyl (C=O) groups excluding carboxylic acids is 1. The van der Waals surface area contributed by atoms with E-state index in [1.807, 2.05) is 0 Å². The van der Waals surface area contributed by atoms with Gasteiger partial charge in [-0.15, -0.1) is 0 Å². The van der Waals surface area contributed by atoms with Gasteiger partial charge in [0.25, 0.3) is 0 Å². The number of carbonyl (C=O) groups is 1. The van der Waals surface area contributed by atoms with Crippen LogP contribution in [-0.4, -0.2) is 22.8 Å². The fourth-order valence-electron chi connectivity index (χ4n) is 2.29. The van der Waals surface area contributed by atoms with Gasteiger partial charge in [-0.25, -0.2) is 13.8 Å². The third kappa shape index (κ3) is 2.60. The van der Waals surface area contributed by atoms with Crippen LogP contribution in [0.2, 0.25) is 5.02 Å². The number of rotatable bonds is 3. The van der Waals surface area contributed by atoms with Gasteiger partial charge < -0.3 is 10.3 Å². The van der Waals surface area contributed by atoms with Crippen molar-refractivity contribution >= 4 is 50.0 Å². The van der Waals surface area contributed by atoms with Crippen LogP contribution in [0.1, 0.15) is 15.9 Å². The Morgan fingerprint density at radius 2 is 2.09 bits per heavy atom. The summed E-state index contributed by atoms with van der Waals surface area (Å²) in [5, 5.41) is 3.30. The molecule has 0 atom stereocenters. The maximum atomic E-state index is 14.4. The number of H-pyrrole nitrogens is 1. The summed E-state index contributed by atoms with van der Waals surface area (Å²) in [6, 6.07) is 2.75. The van der Waals surface area contributed by atoms with Gasteiger partial charge in [0, 0.05) is 30.4 Å². The summed E-state index contributed by atoms with van der Waals surface area (Å²) in [4.78, 5) is 19.5. The molecule has 2 heterocycles. The van der Waals surface area contributed by atoms with Gasteiger partial charge in [0.05, 0.1) is 20.7 Å². The summed E-state index contributed by atoms with van der Waals surface area (Å²) in [7, 11) is 1.48. The van der Waals surface area contributed by atoms with Gasteiger partial charge in [0.15, 0.2) is 11.6 Å². The molecule has 0 saturated heterocycles. The summed E-state index contributed by atoms with van der Waals surface area (Å²) in [6.45, 7) is 0. The highest BCUT2D eigenvalue weighted by Gasteiger charge is 2.26. The lowest BCUT2D eigenvalue weighted by Gasteiger charge is -2.10. The van der Waals surface area contributed by atoms with E-state index in [9.17, 15) is 13.6 Å². The molecular weight excluding hydrogens is 392 g/mol. The first kappa shape index (κ1) is 15.9. The summed E-state index contributed by atoms with van der Waals surface area (Å²) >= 11 is 8.87. The van der Waals surface area contributed by atoms with Crippen LogP contribution in [-0.2, 0) is 0 Å². The molecular formula is C15H9BrClF2N3O. The molecule has 1 aromatic carbocycles. The monoisotopic (exact) mass is 399 g/mol. The third-order valence-corrected chi connectivity index (χ3v) is 4.18. The van der Waals surface area contributed by atoms with Crippen LogP contribution in [0.15, 0.2) is 29.0 Å². The Morgan fingerprint density at radius 3 is 2.78 bits per heavy atom. The van der Waals surface area contributed by atoms with E-state index in [0.29, 0.717) is 16.1 Å². The number of nitrogens with one attached hydrogen (secondary N) is 2. The number of halogens is 4. The van der Waals surface area contributed by atoms with Crippen molar-refractivity contribution in [3.8, 4) is 0 Å². The number of aromatic nitrogens is 2. The highest BCUT2D eigenvalue weighted by molar-refractivity contribution is 9.10. The van der Waals surface area contributed by atoms with E-state index in [1.54, 1.807) is 0 Å². The molecule has 0 spiro atoms. The number of benzene rings is 1. The van der Waals surface area contributed by atoms with Crippen molar-refractivity contribution in [2.24, 2.45) is 0 Å². The number of hydrogen-bond donors (Lipinski definition) is 2. The lowest BCUT2D eigenvalue weighted by atomic mass is 10.0. The van der Waals surface area contributed by atoms with Crippen LogP contribution in [0.4, 0.5) is 14.5 Å². The van der Waals surface area contributed by atoms with Crippen molar-refractivity contribution in [1.82, 2.24) is 9.97 Å². The molecule has 3 rings (SSSR count). The molecule has 0 aliphatic carbocycles. The van der Waals surface area contributed by atoms with E-state index in [4.69, 9.17) is 11.6 Å². The SMILES string of the molecule is CNc1cc(Br)c(F)c(C(=O)c2c[nH]c3ncc(Cl)cc23)c1F. The first-order valence-electron chi connectivity index (χ1n) is 6.46. The van der Waals surface area contributed by atoms with Crippen LogP contribution in [0.5, 0.6) is 0 Å². The van der Waals surface area contributed by atoms with Crippen molar-refractivity contribution in [2.45, 2.75) is 0 Å². The van der Waals surface area contributed by atoms with Gasteiger partial charge >= 0.3 is 0 Å². The van der Waals surface area contributed by atoms with Crippen molar-refractivity contribution < 1.29 is 13.6 Å². The molecule has 0 aliphatic rings. The Labute approximate surface area is 143 Å². The molecule has 118 valence electrons. The number of hydrogen-bond acceptors (Lipinski definition) is 3. The molecule has 8 heteroatoms. The first-order valence-corrected chi connectivity index (χ1v) is 7.63. The lowest BCUT2D eigenvalue weighted by molar-refractivity contribution is 0.103. The Morgan fingerprint density at radius 1 is 1.35 bits per heavy atom. The van der Waals surface area contributed by atoms with E-state index in [-0.39, 0.29) is 15.7 Å². The predicted molar refractivity (Wildman–Crippen MR) is 88.1 cm³/mol. The second kappa shape index (κ2) is 5.90. The Kier molecular flexibility index (Phi) is 4.08. The molecule has 0 saturated carbocycles. The van der Waals surface area contributed by atoms with Crippen LogP contribution in [0, 0.1) is 11.6 Å². The fourth-order valence-corrected chi connectivity index (χ4v) is 2.87. The predicted octanol–water partition coefficient (Wildman–Crippen LogP) is 4.53. The quantitative estimate of drug-likeness (QED) is 0.502. The van der Waals surface area contributed by atoms with E-state index in [0.717, 1.165) is 0 Å². The van der Waals surface area contributed by atoms with Crippen LogP contribution in [0.25, 0.3) is 11.0 Å². The number of ketones is 1. The molecule has 0 radical (unpaired) electrons. The maximum absolute atomic E-state index is 14.4. The lowest BCUT2D eigenvalue weighted by Crippen LogP contribution is -2.10. The van der Waals surface area contributed by atoms with E-state index in [1.165, 1.54) is 31.6 Å². The molecule has 23 heavy (non-hydrogen) atoms. The highest BCUT2D eigenvalue weighted by atomic mass is 79.9. The summed E-state index contributed by atoms with van der Waals surface area (Å²) in [5.41, 5.74) is -0.141. The average Bonchev–Trinajstić information content (AvgIpc) is 2.93. The Bertz CT molecular complexity index is 942. The molecule has 0 bridgehead atoms. The fraction of sp³-hybridized carbons (Fsp3) is 0.0667. The van der Waals surface area contributed by atoms with Gasteiger partial charge in [-0.3, -0.25) is 4.79 Å². The molecule has 0 unspecified atom stereocenters. The first-order chi connectivity index (χ1) is 10.9. The van der Waals surface area contributed by atoms with E-state index < -0.39 is 23.0 Å². The molecule has 0 amide bonds. The minimum absolute atomic E-state index is 0.0115. The number of anilines is 1. The standard InChI is InChI=1S/C15H9BrClF2N3O/c1-20-10-3-9(16)12(18)11(13(10)19)14(23)8-5-22-15-7(8)2-6(17)4-21-15/h2-5,20H,1H3,(H,21,22). The second-order valence-corrected chi connectivity index (χ2v) is 6.03. The second-order valence-electron chi connectivity index (χ2n) is 4.74. The molecule has 4 nitrogen and oxygen atoms in total. The van der Waals surface area contributed by atoms with Crippen molar-refractivity contribution in [2.75, 3.05) is 12.4 Å². The van der Waals surface area contributed by atoms with Crippen molar-refractivity contribution in [1.29, 1.82) is 0 Å². The molecule has 0 aliphatic heterocycles. The average molecular weight is 401 g/mol. The van der Waals surface area contributed by atoms with Crippen molar-refractivity contribution in [3.05, 3.63) is 56.8 Å².